The molecule has 1 heterocycles. The molecule has 6 nitrogen and oxygen atoms in total. The quantitative estimate of drug-likeness (QED) is 0.144. The molecule has 0 aromatic carbocycles. The molecule has 0 spiro atoms. The van der Waals surface area contributed by atoms with Gasteiger partial charge in [0.1, 0.15) is 6.17 Å². The van der Waals surface area contributed by atoms with Crippen LogP contribution in [0.15, 0.2) is 0 Å². The highest BCUT2D eigenvalue weighted by Gasteiger charge is 2.35. The Labute approximate surface area is 201 Å². The largest absolute Gasteiger partial charge is 0.359 e. The van der Waals surface area contributed by atoms with Crippen molar-refractivity contribution < 1.29 is 13.2 Å². The number of amides is 1. The second kappa shape index (κ2) is 14.2. The molecular weight excluding hydrogens is 489 g/mol. The van der Waals surface area contributed by atoms with E-state index in [4.69, 9.17) is 47.0 Å². The maximum Gasteiger partial charge on any atom is 0.228 e. The molecule has 0 aliphatic carbocycles. The summed E-state index contributed by atoms with van der Waals surface area (Å²) in [5, 5.41) is 8.48. The van der Waals surface area contributed by atoms with Crippen molar-refractivity contribution in [2.45, 2.75) is 93.6 Å². The van der Waals surface area contributed by atoms with E-state index in [9.17, 15) is 13.2 Å². The minimum atomic E-state index is -3.04. The third kappa shape index (κ3) is 12.7. The van der Waals surface area contributed by atoms with Gasteiger partial charge in [0.15, 0.2) is 14.9 Å². The van der Waals surface area contributed by atoms with Crippen molar-refractivity contribution in [3.63, 3.8) is 0 Å². The standard InChI is InChI=1S/C19H34Cl3N3O3S2/c1-2-3-4-5-6-7-8-9-10-11-16(26)24-17(19(20,21)22)25-18(29)23-15-12-13-30(27,28)14-15/h15,17H,2-14H2,1H3,(H,24,26)(H2,23,25,29)/t15-,17-/m1/s1. The first-order chi connectivity index (χ1) is 14.0. The molecule has 1 amide bonds. The number of unbranched alkanes of at least 4 members (excludes halogenated alkanes) is 8. The number of carbonyl (C=O) groups is 1. The van der Waals surface area contributed by atoms with E-state index in [-0.39, 0.29) is 28.6 Å². The van der Waals surface area contributed by atoms with Crippen LogP contribution in [0, 0.1) is 0 Å². The fourth-order valence-corrected chi connectivity index (χ4v) is 5.58. The number of hydrogen-bond donors (Lipinski definition) is 3. The Bertz CT molecular complexity index is 643. The van der Waals surface area contributed by atoms with E-state index >= 15 is 0 Å². The SMILES string of the molecule is CCCCCCCCCCCC(=O)N[C@H](NC(=S)N[C@@H]1CCS(=O)(=O)C1)C(Cl)(Cl)Cl. The van der Waals surface area contributed by atoms with Crippen LogP contribution in [-0.2, 0) is 14.6 Å². The van der Waals surface area contributed by atoms with Crippen LogP contribution in [-0.4, -0.2) is 46.9 Å². The predicted molar refractivity (Wildman–Crippen MR) is 130 cm³/mol. The third-order valence-corrected chi connectivity index (χ3v) is 7.64. The Balaban J connectivity index is 2.29. The lowest BCUT2D eigenvalue weighted by atomic mass is 10.1. The minimum absolute atomic E-state index is 0.0121. The van der Waals surface area contributed by atoms with Crippen molar-refractivity contribution >= 4 is 67.9 Å². The first-order valence-corrected chi connectivity index (χ1v) is 14.0. The Morgan fingerprint density at radius 3 is 2.10 bits per heavy atom. The van der Waals surface area contributed by atoms with Gasteiger partial charge in [0.05, 0.1) is 11.5 Å². The average molecular weight is 523 g/mol. The molecule has 0 saturated carbocycles. The summed E-state index contributed by atoms with van der Waals surface area (Å²) in [6, 6.07) is -0.288. The number of alkyl halides is 3. The van der Waals surface area contributed by atoms with Gasteiger partial charge in [-0.15, -0.1) is 0 Å². The summed E-state index contributed by atoms with van der Waals surface area (Å²) in [6.45, 7) is 2.21. The van der Waals surface area contributed by atoms with Crippen molar-refractivity contribution in [2.24, 2.45) is 0 Å². The minimum Gasteiger partial charge on any atom is -0.359 e. The molecule has 0 aromatic rings. The van der Waals surface area contributed by atoms with Crippen LogP contribution < -0.4 is 16.0 Å². The number of hydrogen-bond acceptors (Lipinski definition) is 4. The van der Waals surface area contributed by atoms with Gasteiger partial charge in [-0.2, -0.15) is 0 Å². The first kappa shape index (κ1) is 28.0. The lowest BCUT2D eigenvalue weighted by Gasteiger charge is -2.28. The molecule has 176 valence electrons. The second-order valence-corrected chi connectivity index (χ2v) is 12.8. The van der Waals surface area contributed by atoms with Crippen molar-refractivity contribution in [2.75, 3.05) is 11.5 Å². The summed E-state index contributed by atoms with van der Waals surface area (Å²) in [5.74, 6) is -0.0949. The number of sulfone groups is 1. The van der Waals surface area contributed by atoms with Crippen LogP contribution in [0.25, 0.3) is 0 Å². The highest BCUT2D eigenvalue weighted by molar-refractivity contribution is 7.91. The van der Waals surface area contributed by atoms with E-state index in [1.54, 1.807) is 0 Å². The van der Waals surface area contributed by atoms with Gasteiger partial charge in [-0.1, -0.05) is 93.1 Å². The van der Waals surface area contributed by atoms with Gasteiger partial charge in [-0.05, 0) is 25.1 Å². The van der Waals surface area contributed by atoms with Crippen LogP contribution >= 0.6 is 47.0 Å². The molecule has 3 N–H and O–H groups in total. The molecule has 1 rings (SSSR count). The zero-order chi connectivity index (χ0) is 22.6. The second-order valence-electron chi connectivity index (χ2n) is 7.84. The van der Waals surface area contributed by atoms with E-state index in [0.717, 1.165) is 19.3 Å². The molecule has 0 unspecified atom stereocenters. The van der Waals surface area contributed by atoms with Gasteiger partial charge in [0, 0.05) is 12.5 Å². The van der Waals surface area contributed by atoms with E-state index in [1.165, 1.54) is 38.5 Å². The molecular formula is C19H34Cl3N3O3S2. The van der Waals surface area contributed by atoms with E-state index < -0.39 is 19.8 Å². The molecule has 1 saturated heterocycles. The number of thiocarbonyl (C=S) groups is 1. The van der Waals surface area contributed by atoms with Crippen LogP contribution in [0.5, 0.6) is 0 Å². The van der Waals surface area contributed by atoms with E-state index in [2.05, 4.69) is 22.9 Å². The molecule has 0 radical (unpaired) electrons. The van der Waals surface area contributed by atoms with Crippen molar-refractivity contribution in [1.82, 2.24) is 16.0 Å². The molecule has 2 atom stereocenters. The highest BCUT2D eigenvalue weighted by atomic mass is 35.6. The van der Waals surface area contributed by atoms with Crippen LogP contribution in [0.2, 0.25) is 0 Å². The summed E-state index contributed by atoms with van der Waals surface area (Å²) in [4.78, 5) is 12.2. The van der Waals surface area contributed by atoms with Crippen LogP contribution in [0.1, 0.15) is 77.6 Å². The van der Waals surface area contributed by atoms with Gasteiger partial charge in [-0.3, -0.25) is 4.79 Å². The zero-order valence-corrected chi connectivity index (χ0v) is 21.4. The smallest absolute Gasteiger partial charge is 0.228 e. The fourth-order valence-electron chi connectivity index (χ4n) is 3.30. The maximum atomic E-state index is 12.2. The van der Waals surface area contributed by atoms with Crippen LogP contribution in [0.4, 0.5) is 0 Å². The van der Waals surface area contributed by atoms with Crippen molar-refractivity contribution in [1.29, 1.82) is 0 Å². The Morgan fingerprint density at radius 2 is 1.60 bits per heavy atom. The number of rotatable bonds is 13. The summed E-state index contributed by atoms with van der Waals surface area (Å²) in [6.07, 6.45) is 10.3. The Kier molecular flexibility index (Phi) is 13.3. The highest BCUT2D eigenvalue weighted by Crippen LogP contribution is 2.29. The molecule has 11 heteroatoms. The molecule has 0 aromatic heterocycles. The van der Waals surface area contributed by atoms with Crippen LogP contribution in [0.3, 0.4) is 0 Å². The fraction of sp³-hybridized carbons (Fsp3) is 0.895. The summed E-state index contributed by atoms with van der Waals surface area (Å²) in [5.41, 5.74) is 0. The lowest BCUT2D eigenvalue weighted by Crippen LogP contribution is -2.58. The maximum absolute atomic E-state index is 12.2. The van der Waals surface area contributed by atoms with Gasteiger partial charge in [0.25, 0.3) is 0 Å². The van der Waals surface area contributed by atoms with E-state index in [0.29, 0.717) is 12.8 Å². The summed E-state index contributed by atoms with van der Waals surface area (Å²) < 4.78 is 21.3. The lowest BCUT2D eigenvalue weighted by molar-refractivity contribution is -0.122. The van der Waals surface area contributed by atoms with Crippen molar-refractivity contribution in [3.05, 3.63) is 0 Å². The zero-order valence-electron chi connectivity index (χ0n) is 17.5. The van der Waals surface area contributed by atoms with Gasteiger partial charge in [-0.25, -0.2) is 8.42 Å². The molecule has 30 heavy (non-hydrogen) atoms. The molecule has 0 bridgehead atoms. The number of halogens is 3. The summed E-state index contributed by atoms with van der Waals surface area (Å²) in [7, 11) is -3.04. The van der Waals surface area contributed by atoms with E-state index in [1.807, 2.05) is 0 Å². The Hall–Kier alpha value is -0.0200. The van der Waals surface area contributed by atoms with Gasteiger partial charge in [0.2, 0.25) is 9.70 Å². The van der Waals surface area contributed by atoms with Gasteiger partial charge >= 0.3 is 0 Å². The van der Waals surface area contributed by atoms with Crippen molar-refractivity contribution in [3.8, 4) is 0 Å². The van der Waals surface area contributed by atoms with Gasteiger partial charge < -0.3 is 16.0 Å². The molecule has 1 fully saturated rings. The molecule has 1 aliphatic rings. The molecule has 1 aliphatic heterocycles. The number of nitrogens with one attached hydrogen (secondary N) is 3. The summed E-state index contributed by atoms with van der Waals surface area (Å²) >= 11 is 23.1. The average Bonchev–Trinajstić information content (AvgIpc) is 2.97. The Morgan fingerprint density at radius 1 is 1.03 bits per heavy atom. The topological polar surface area (TPSA) is 87.3 Å². The predicted octanol–water partition coefficient (Wildman–Crippen LogP) is 4.37. The first-order valence-electron chi connectivity index (χ1n) is 10.7. The third-order valence-electron chi connectivity index (χ3n) is 4.98. The normalized spacial score (nSPS) is 19.3. The monoisotopic (exact) mass is 521 g/mol. The number of carbonyl (C=O) groups excluding carboxylic acids is 1.